The molecular weight excluding hydrogens is 289 g/mol. The third-order valence-corrected chi connectivity index (χ3v) is 3.96. The monoisotopic (exact) mass is 307 g/mol. The molecule has 118 valence electrons. The summed E-state index contributed by atoms with van der Waals surface area (Å²) in [5, 5.41) is 2.90. The van der Waals surface area contributed by atoms with Crippen LogP contribution in [-0.2, 0) is 6.54 Å². The maximum Gasteiger partial charge on any atom is 0.393 e. The van der Waals surface area contributed by atoms with Crippen LogP contribution in [0.25, 0.3) is 0 Å². The molecule has 0 aliphatic heterocycles. The molecule has 0 aromatic heterocycles. The quantitative estimate of drug-likeness (QED) is 0.785. The highest BCUT2D eigenvalue weighted by Crippen LogP contribution is 2.37. The van der Waals surface area contributed by atoms with Crippen molar-refractivity contribution in [3.63, 3.8) is 0 Å². The predicted molar refractivity (Wildman–Crippen MR) is 70.0 cm³/mol. The summed E-state index contributed by atoms with van der Waals surface area (Å²) in [6.45, 7) is 0.178. The van der Waals surface area contributed by atoms with Crippen molar-refractivity contribution < 1.29 is 22.0 Å². The Labute approximate surface area is 120 Å². The van der Waals surface area contributed by atoms with E-state index in [-0.39, 0.29) is 18.5 Å². The lowest BCUT2D eigenvalue weighted by atomic mass is 9.84. The largest absolute Gasteiger partial charge is 0.393 e. The molecule has 0 heterocycles. The highest BCUT2D eigenvalue weighted by molar-refractivity contribution is 5.24. The van der Waals surface area contributed by atoms with Crippen molar-refractivity contribution in [1.29, 1.82) is 0 Å². The van der Waals surface area contributed by atoms with E-state index in [1.807, 2.05) is 0 Å². The van der Waals surface area contributed by atoms with Crippen LogP contribution < -0.4 is 5.32 Å². The minimum Gasteiger partial charge on any atom is -0.309 e. The zero-order valence-corrected chi connectivity index (χ0v) is 11.5. The Morgan fingerprint density at radius 2 is 1.86 bits per heavy atom. The second kappa shape index (κ2) is 6.73. The second-order valence-electron chi connectivity index (χ2n) is 5.47. The van der Waals surface area contributed by atoms with Gasteiger partial charge in [-0.05, 0) is 24.5 Å². The lowest BCUT2D eigenvalue weighted by Gasteiger charge is -2.33. The van der Waals surface area contributed by atoms with Gasteiger partial charge in [0.25, 0.3) is 6.43 Å². The van der Waals surface area contributed by atoms with Gasteiger partial charge in [0, 0.05) is 18.2 Å². The van der Waals surface area contributed by atoms with Crippen molar-refractivity contribution in [2.45, 2.75) is 50.9 Å². The third kappa shape index (κ3) is 4.40. The van der Waals surface area contributed by atoms with E-state index in [1.165, 1.54) is 18.2 Å². The van der Waals surface area contributed by atoms with Crippen molar-refractivity contribution >= 4 is 0 Å². The third-order valence-electron chi connectivity index (χ3n) is 3.96. The maximum atomic E-state index is 12.9. The van der Waals surface area contributed by atoms with Gasteiger partial charge in [-0.25, -0.2) is 8.78 Å². The summed E-state index contributed by atoms with van der Waals surface area (Å²) in [5.74, 6) is -1.34. The first kappa shape index (κ1) is 16.2. The minimum absolute atomic E-state index is 0.106. The van der Waals surface area contributed by atoms with Gasteiger partial charge in [0.05, 0.1) is 5.92 Å². The molecule has 21 heavy (non-hydrogen) atoms. The van der Waals surface area contributed by atoms with Crippen LogP contribution in [0.3, 0.4) is 0 Å². The molecule has 1 fully saturated rings. The van der Waals surface area contributed by atoms with Gasteiger partial charge in [-0.1, -0.05) is 31.0 Å². The van der Waals surface area contributed by atoms with Crippen LogP contribution in [0.2, 0.25) is 0 Å². The van der Waals surface area contributed by atoms with Crippen molar-refractivity contribution in [3.8, 4) is 0 Å². The summed E-state index contributed by atoms with van der Waals surface area (Å²) in [6.07, 6.45) is -4.81. The smallest absolute Gasteiger partial charge is 0.309 e. The molecule has 0 bridgehead atoms. The lowest BCUT2D eigenvalue weighted by molar-refractivity contribution is -0.189. The topological polar surface area (TPSA) is 12.0 Å². The summed E-state index contributed by atoms with van der Waals surface area (Å²) < 4.78 is 64.0. The Kier molecular flexibility index (Phi) is 5.19. The zero-order valence-electron chi connectivity index (χ0n) is 11.5. The summed E-state index contributed by atoms with van der Waals surface area (Å²) in [5.41, 5.74) is 0.476. The van der Waals surface area contributed by atoms with Crippen LogP contribution in [0, 0.1) is 5.92 Å². The molecular formula is C15H18F5N. The highest BCUT2D eigenvalue weighted by atomic mass is 19.4. The number of halogens is 5. The highest BCUT2D eigenvalue weighted by Gasteiger charge is 2.45. The first-order valence-corrected chi connectivity index (χ1v) is 7.05. The van der Waals surface area contributed by atoms with Gasteiger partial charge in [-0.3, -0.25) is 0 Å². The summed E-state index contributed by atoms with van der Waals surface area (Å²) >= 11 is 0. The molecule has 1 N–H and O–H groups in total. The van der Waals surface area contributed by atoms with Crippen LogP contribution in [0.5, 0.6) is 0 Å². The first-order chi connectivity index (χ1) is 9.88. The Morgan fingerprint density at radius 3 is 2.52 bits per heavy atom. The minimum atomic E-state index is -4.21. The Balaban J connectivity index is 1.99. The van der Waals surface area contributed by atoms with Gasteiger partial charge < -0.3 is 5.32 Å². The van der Waals surface area contributed by atoms with E-state index in [9.17, 15) is 22.0 Å². The van der Waals surface area contributed by atoms with Gasteiger partial charge in [0.15, 0.2) is 0 Å². The van der Waals surface area contributed by atoms with Gasteiger partial charge in [0.1, 0.15) is 0 Å². The van der Waals surface area contributed by atoms with E-state index in [1.54, 1.807) is 6.07 Å². The molecule has 2 atom stereocenters. The molecule has 1 aromatic carbocycles. The number of hydrogen-bond donors (Lipinski definition) is 1. The van der Waals surface area contributed by atoms with E-state index in [0.717, 1.165) is 6.42 Å². The molecule has 0 amide bonds. The molecule has 0 spiro atoms. The number of hydrogen-bond acceptors (Lipinski definition) is 1. The molecule has 6 heteroatoms. The second-order valence-corrected chi connectivity index (χ2v) is 5.47. The Morgan fingerprint density at radius 1 is 1.14 bits per heavy atom. The lowest BCUT2D eigenvalue weighted by Crippen LogP contribution is -2.45. The van der Waals surface area contributed by atoms with Crippen LogP contribution in [0.15, 0.2) is 24.3 Å². The van der Waals surface area contributed by atoms with Crippen molar-refractivity contribution in [3.05, 3.63) is 35.4 Å². The van der Waals surface area contributed by atoms with Gasteiger partial charge >= 0.3 is 6.18 Å². The molecule has 0 radical (unpaired) electrons. The van der Waals surface area contributed by atoms with Gasteiger partial charge in [-0.2, -0.15) is 13.2 Å². The van der Waals surface area contributed by atoms with Crippen molar-refractivity contribution in [2.75, 3.05) is 0 Å². The molecule has 1 nitrogen and oxygen atoms in total. The first-order valence-electron chi connectivity index (χ1n) is 7.05. The number of alkyl halides is 5. The van der Waals surface area contributed by atoms with E-state index >= 15 is 0 Å². The standard InChI is InChI=1S/C15H18F5N/c16-14(17)11-5-3-4-10(8-11)9-21-13-7-2-1-6-12(13)15(18,19)20/h3-5,8,12-14,21H,1-2,6-7,9H2. The van der Waals surface area contributed by atoms with Crippen molar-refractivity contribution in [1.82, 2.24) is 5.32 Å². The van der Waals surface area contributed by atoms with Crippen LogP contribution in [0.4, 0.5) is 22.0 Å². The van der Waals surface area contributed by atoms with Crippen molar-refractivity contribution in [2.24, 2.45) is 5.92 Å². The summed E-state index contributed by atoms with van der Waals surface area (Å²) in [4.78, 5) is 0. The average Bonchev–Trinajstić information content (AvgIpc) is 2.45. The Bertz CT molecular complexity index is 458. The predicted octanol–water partition coefficient (Wildman–Crippen LogP) is 4.83. The van der Waals surface area contributed by atoms with Crippen LogP contribution in [-0.4, -0.2) is 12.2 Å². The number of benzene rings is 1. The average molecular weight is 307 g/mol. The molecule has 2 unspecified atom stereocenters. The Hall–Kier alpha value is -1.17. The molecule has 1 saturated carbocycles. The number of rotatable bonds is 4. The van der Waals surface area contributed by atoms with E-state index in [2.05, 4.69) is 5.32 Å². The summed E-state index contributed by atoms with van der Waals surface area (Å²) in [6, 6.07) is 5.16. The maximum absolute atomic E-state index is 12.9. The fourth-order valence-corrected chi connectivity index (χ4v) is 2.85. The zero-order chi connectivity index (χ0) is 15.5. The molecule has 0 saturated heterocycles. The van der Waals surface area contributed by atoms with Crippen LogP contribution >= 0.6 is 0 Å². The van der Waals surface area contributed by atoms with E-state index in [0.29, 0.717) is 18.4 Å². The van der Waals surface area contributed by atoms with Crippen LogP contribution in [0.1, 0.15) is 43.2 Å². The molecule has 1 aliphatic carbocycles. The van der Waals surface area contributed by atoms with E-state index in [4.69, 9.17) is 0 Å². The molecule has 1 aliphatic rings. The van der Waals surface area contributed by atoms with E-state index < -0.39 is 24.6 Å². The van der Waals surface area contributed by atoms with Gasteiger partial charge in [-0.15, -0.1) is 0 Å². The molecule has 2 rings (SSSR count). The fraction of sp³-hybridized carbons (Fsp3) is 0.600. The van der Waals surface area contributed by atoms with Gasteiger partial charge in [0.2, 0.25) is 0 Å². The molecule has 1 aromatic rings. The summed E-state index contributed by atoms with van der Waals surface area (Å²) in [7, 11) is 0. The number of nitrogens with one attached hydrogen (secondary N) is 1. The normalized spacial score (nSPS) is 23.5. The SMILES string of the molecule is FC(F)c1cccc(CNC2CCCCC2C(F)(F)F)c1. The fourth-order valence-electron chi connectivity index (χ4n) is 2.85.